The fourth-order valence-corrected chi connectivity index (χ4v) is 3.96. The van der Waals surface area contributed by atoms with Crippen molar-refractivity contribution in [3.63, 3.8) is 0 Å². The van der Waals surface area contributed by atoms with Crippen molar-refractivity contribution in [3.8, 4) is 22.4 Å². The molecule has 0 atom stereocenters. The Morgan fingerprint density at radius 3 is 2.81 bits per heavy atom. The van der Waals surface area contributed by atoms with Gasteiger partial charge in [0.05, 0.1) is 12.3 Å². The first-order valence-electron chi connectivity index (χ1n) is 8.64. The third-order valence-corrected chi connectivity index (χ3v) is 5.33. The van der Waals surface area contributed by atoms with Gasteiger partial charge in [-0.25, -0.2) is 9.97 Å². The summed E-state index contributed by atoms with van der Waals surface area (Å²) < 4.78 is 0. The number of likely N-dealkylation sites (N-methyl/N-ethyl adjacent to an activating group) is 1. The van der Waals surface area contributed by atoms with E-state index in [1.807, 2.05) is 30.6 Å². The van der Waals surface area contributed by atoms with Crippen molar-refractivity contribution in [1.29, 1.82) is 0 Å². The molecule has 0 saturated carbocycles. The van der Waals surface area contributed by atoms with Crippen molar-refractivity contribution in [2.75, 3.05) is 24.6 Å². The number of H-pyrrole nitrogens is 1. The molecule has 0 aliphatic carbocycles. The van der Waals surface area contributed by atoms with Gasteiger partial charge in [-0.3, -0.25) is 0 Å². The minimum Gasteiger partial charge on any atom is -0.395 e. The topological polar surface area (TPSA) is 65.0 Å². The SMILES string of the molecule is CCN(CCO)c1nc(-c2c[nH]c3ncc(-c4ccccc4)cc23)cs1. The van der Waals surface area contributed by atoms with Crippen LogP contribution in [-0.2, 0) is 0 Å². The number of hydrogen-bond donors (Lipinski definition) is 2. The number of aromatic amines is 1. The number of aliphatic hydroxyl groups excluding tert-OH is 1. The van der Waals surface area contributed by atoms with E-state index in [4.69, 9.17) is 4.98 Å². The van der Waals surface area contributed by atoms with E-state index in [9.17, 15) is 5.11 Å². The molecule has 5 nitrogen and oxygen atoms in total. The van der Waals surface area contributed by atoms with Gasteiger partial charge in [0.15, 0.2) is 5.13 Å². The Balaban J connectivity index is 1.74. The highest BCUT2D eigenvalue weighted by Crippen LogP contribution is 2.33. The van der Waals surface area contributed by atoms with Gasteiger partial charge in [-0.15, -0.1) is 11.3 Å². The molecule has 3 aromatic heterocycles. The Morgan fingerprint density at radius 2 is 2.04 bits per heavy atom. The standard InChI is InChI=1S/C20H20N4OS/c1-2-24(8-9-25)20-23-18(13-26-20)17-12-22-19-16(17)10-15(11-21-19)14-6-4-3-5-7-14/h3-7,10-13,25H,2,8-9H2,1H3,(H,21,22). The summed E-state index contributed by atoms with van der Waals surface area (Å²) in [5.41, 5.74) is 5.07. The van der Waals surface area contributed by atoms with Crippen molar-refractivity contribution in [3.05, 3.63) is 54.2 Å². The number of thiazole rings is 1. The average Bonchev–Trinajstić information content (AvgIpc) is 3.33. The minimum atomic E-state index is 0.125. The molecule has 0 aliphatic heterocycles. The quantitative estimate of drug-likeness (QED) is 0.539. The summed E-state index contributed by atoms with van der Waals surface area (Å²) >= 11 is 1.60. The molecule has 0 unspecified atom stereocenters. The molecule has 0 aliphatic rings. The van der Waals surface area contributed by atoms with E-state index < -0.39 is 0 Å². The van der Waals surface area contributed by atoms with Crippen molar-refractivity contribution in [1.82, 2.24) is 15.0 Å². The zero-order chi connectivity index (χ0) is 17.9. The summed E-state index contributed by atoms with van der Waals surface area (Å²) in [6.45, 7) is 3.61. The maximum atomic E-state index is 9.22. The Hall–Kier alpha value is -2.70. The summed E-state index contributed by atoms with van der Waals surface area (Å²) in [7, 11) is 0. The number of benzene rings is 1. The normalized spacial score (nSPS) is 11.2. The molecule has 4 aromatic rings. The number of pyridine rings is 1. The molecule has 1 aromatic carbocycles. The largest absolute Gasteiger partial charge is 0.395 e. The molecule has 0 bridgehead atoms. The van der Waals surface area contributed by atoms with Crippen molar-refractivity contribution in [2.45, 2.75) is 6.92 Å². The zero-order valence-electron chi connectivity index (χ0n) is 14.5. The molecule has 4 rings (SSSR count). The Labute approximate surface area is 156 Å². The summed E-state index contributed by atoms with van der Waals surface area (Å²) in [5, 5.41) is 13.3. The predicted octanol–water partition coefficient (Wildman–Crippen LogP) is 4.17. The first-order valence-corrected chi connectivity index (χ1v) is 9.52. The third kappa shape index (κ3) is 3.09. The maximum Gasteiger partial charge on any atom is 0.185 e. The molecule has 132 valence electrons. The van der Waals surface area contributed by atoms with Gasteiger partial charge in [-0.05, 0) is 18.6 Å². The molecule has 2 N–H and O–H groups in total. The fraction of sp³-hybridized carbons (Fsp3) is 0.200. The van der Waals surface area contributed by atoms with Crippen molar-refractivity contribution < 1.29 is 5.11 Å². The number of aliphatic hydroxyl groups is 1. The highest BCUT2D eigenvalue weighted by atomic mass is 32.1. The number of aromatic nitrogens is 3. The first kappa shape index (κ1) is 16.8. The van der Waals surface area contributed by atoms with E-state index in [1.54, 1.807) is 11.3 Å². The summed E-state index contributed by atoms with van der Waals surface area (Å²) in [5.74, 6) is 0. The number of hydrogen-bond acceptors (Lipinski definition) is 5. The molecular formula is C20H20N4OS. The lowest BCUT2D eigenvalue weighted by Gasteiger charge is -2.17. The van der Waals surface area contributed by atoms with Gasteiger partial charge in [0.2, 0.25) is 0 Å². The summed E-state index contributed by atoms with van der Waals surface area (Å²) in [6, 6.07) is 12.4. The lowest BCUT2D eigenvalue weighted by molar-refractivity contribution is 0.302. The van der Waals surface area contributed by atoms with Crippen molar-refractivity contribution >= 4 is 27.5 Å². The average molecular weight is 364 g/mol. The van der Waals surface area contributed by atoms with Gasteiger partial charge >= 0.3 is 0 Å². The monoisotopic (exact) mass is 364 g/mol. The molecule has 0 amide bonds. The number of nitrogens with zero attached hydrogens (tertiary/aromatic N) is 3. The number of anilines is 1. The van der Waals surface area contributed by atoms with Crippen LogP contribution in [0.4, 0.5) is 5.13 Å². The minimum absolute atomic E-state index is 0.125. The second-order valence-corrected chi connectivity index (χ2v) is 6.84. The van der Waals surface area contributed by atoms with Crippen LogP contribution in [0.5, 0.6) is 0 Å². The smallest absolute Gasteiger partial charge is 0.185 e. The van der Waals surface area contributed by atoms with Crippen LogP contribution in [0, 0.1) is 0 Å². The second-order valence-electron chi connectivity index (χ2n) is 6.01. The maximum absolute atomic E-state index is 9.22. The van der Waals surface area contributed by atoms with Crippen molar-refractivity contribution in [2.24, 2.45) is 0 Å². The Morgan fingerprint density at radius 1 is 1.19 bits per heavy atom. The number of rotatable bonds is 6. The fourth-order valence-electron chi connectivity index (χ4n) is 3.05. The highest BCUT2D eigenvalue weighted by molar-refractivity contribution is 7.14. The third-order valence-electron chi connectivity index (χ3n) is 4.43. The molecule has 3 heterocycles. The number of nitrogens with one attached hydrogen (secondary N) is 1. The Bertz CT molecular complexity index is 1010. The van der Waals surface area contributed by atoms with Crippen LogP contribution in [-0.4, -0.2) is 39.8 Å². The van der Waals surface area contributed by atoms with E-state index in [0.29, 0.717) is 6.54 Å². The molecule has 0 radical (unpaired) electrons. The molecule has 26 heavy (non-hydrogen) atoms. The first-order chi connectivity index (χ1) is 12.8. The molecule has 0 fully saturated rings. The van der Waals surface area contributed by atoms with Crippen LogP contribution in [0.15, 0.2) is 54.2 Å². The van der Waals surface area contributed by atoms with Gasteiger partial charge < -0.3 is 15.0 Å². The van der Waals surface area contributed by atoms with E-state index in [0.717, 1.165) is 45.1 Å². The Kier molecular flexibility index (Phi) is 4.69. The van der Waals surface area contributed by atoms with Gasteiger partial charge in [0.1, 0.15) is 5.65 Å². The predicted molar refractivity (Wildman–Crippen MR) is 108 cm³/mol. The number of fused-ring (bicyclic) bond motifs is 1. The zero-order valence-corrected chi connectivity index (χ0v) is 15.3. The summed E-state index contributed by atoms with van der Waals surface area (Å²) in [4.78, 5) is 14.7. The van der Waals surface area contributed by atoms with E-state index in [2.05, 4.69) is 45.4 Å². The molecule has 6 heteroatoms. The van der Waals surface area contributed by atoms with Crippen LogP contribution in [0.1, 0.15) is 6.92 Å². The van der Waals surface area contributed by atoms with E-state index in [-0.39, 0.29) is 6.61 Å². The lowest BCUT2D eigenvalue weighted by atomic mass is 10.1. The highest BCUT2D eigenvalue weighted by Gasteiger charge is 2.14. The van der Waals surface area contributed by atoms with Gasteiger partial charge in [0.25, 0.3) is 0 Å². The molecule has 0 saturated heterocycles. The van der Waals surface area contributed by atoms with Gasteiger partial charge in [0, 0.05) is 47.4 Å². The molecule has 0 spiro atoms. The van der Waals surface area contributed by atoms with E-state index >= 15 is 0 Å². The van der Waals surface area contributed by atoms with Crippen LogP contribution in [0.2, 0.25) is 0 Å². The van der Waals surface area contributed by atoms with Gasteiger partial charge in [-0.2, -0.15) is 0 Å². The van der Waals surface area contributed by atoms with Crippen LogP contribution >= 0.6 is 11.3 Å². The lowest BCUT2D eigenvalue weighted by Crippen LogP contribution is -2.25. The molecular weight excluding hydrogens is 344 g/mol. The van der Waals surface area contributed by atoms with Crippen LogP contribution < -0.4 is 4.90 Å². The van der Waals surface area contributed by atoms with Crippen LogP contribution in [0.25, 0.3) is 33.4 Å². The van der Waals surface area contributed by atoms with E-state index in [1.165, 1.54) is 0 Å². The van der Waals surface area contributed by atoms with Crippen LogP contribution in [0.3, 0.4) is 0 Å². The van der Waals surface area contributed by atoms with Gasteiger partial charge in [-0.1, -0.05) is 30.3 Å². The summed E-state index contributed by atoms with van der Waals surface area (Å²) in [6.07, 6.45) is 3.86. The second kappa shape index (κ2) is 7.27.